The van der Waals surface area contributed by atoms with Gasteiger partial charge in [-0.1, -0.05) is 17.7 Å². The first kappa shape index (κ1) is 14.6. The second kappa shape index (κ2) is 5.94. The molecule has 18 heavy (non-hydrogen) atoms. The van der Waals surface area contributed by atoms with Gasteiger partial charge in [0, 0.05) is 6.54 Å². The Kier molecular flexibility index (Phi) is 4.83. The molecule has 0 aliphatic rings. The van der Waals surface area contributed by atoms with Crippen molar-refractivity contribution in [1.82, 2.24) is 4.72 Å². The summed E-state index contributed by atoms with van der Waals surface area (Å²) >= 11 is 0. The van der Waals surface area contributed by atoms with E-state index in [1.165, 1.54) is 12.1 Å². The number of carboxylic acid groups (broad SMARTS) is 1. The van der Waals surface area contributed by atoms with Crippen LogP contribution in [0.3, 0.4) is 0 Å². The summed E-state index contributed by atoms with van der Waals surface area (Å²) in [6.45, 7) is 1.85. The molecule has 0 amide bonds. The molecule has 7 heteroatoms. The predicted molar refractivity (Wildman–Crippen MR) is 66.6 cm³/mol. The monoisotopic (exact) mass is 272 g/mol. The van der Waals surface area contributed by atoms with Crippen molar-refractivity contribution in [3.8, 4) is 0 Å². The van der Waals surface area contributed by atoms with Crippen molar-refractivity contribution in [2.24, 2.45) is 5.73 Å². The summed E-state index contributed by atoms with van der Waals surface area (Å²) in [5, 5.41) is 8.56. The first-order valence-corrected chi connectivity index (χ1v) is 6.86. The van der Waals surface area contributed by atoms with Crippen LogP contribution in [0.4, 0.5) is 0 Å². The highest BCUT2D eigenvalue weighted by atomic mass is 32.2. The van der Waals surface area contributed by atoms with Crippen LogP contribution in [0.25, 0.3) is 0 Å². The summed E-state index contributed by atoms with van der Waals surface area (Å²) in [7, 11) is -3.60. The highest BCUT2D eigenvalue weighted by Gasteiger charge is 2.15. The number of benzene rings is 1. The molecule has 1 rings (SSSR count). The number of carbonyl (C=O) groups is 1. The lowest BCUT2D eigenvalue weighted by Gasteiger charge is -2.09. The largest absolute Gasteiger partial charge is 0.480 e. The van der Waals surface area contributed by atoms with Crippen LogP contribution in [0, 0.1) is 6.92 Å². The maximum Gasteiger partial charge on any atom is 0.320 e. The molecule has 0 saturated carbocycles. The molecule has 0 unspecified atom stereocenters. The fraction of sp³-hybridized carbons (Fsp3) is 0.364. The lowest BCUT2D eigenvalue weighted by molar-refractivity contribution is -0.138. The number of aliphatic carboxylic acids is 1. The Morgan fingerprint density at radius 3 is 2.44 bits per heavy atom. The third kappa shape index (κ3) is 4.10. The highest BCUT2D eigenvalue weighted by molar-refractivity contribution is 7.89. The first-order valence-electron chi connectivity index (χ1n) is 5.37. The third-order valence-electron chi connectivity index (χ3n) is 2.40. The van der Waals surface area contributed by atoms with Crippen molar-refractivity contribution in [2.75, 3.05) is 6.54 Å². The topological polar surface area (TPSA) is 109 Å². The third-order valence-corrected chi connectivity index (χ3v) is 3.87. The molecule has 0 aliphatic carbocycles. The molecule has 0 aliphatic heterocycles. The fourth-order valence-electron chi connectivity index (χ4n) is 1.27. The Balaban J connectivity index is 2.60. The van der Waals surface area contributed by atoms with Crippen LogP contribution in [0.15, 0.2) is 29.2 Å². The second-order valence-electron chi connectivity index (χ2n) is 3.94. The SMILES string of the molecule is Cc1ccc(S(=O)(=O)NCC[C@@H](N)C(=O)O)cc1. The summed E-state index contributed by atoms with van der Waals surface area (Å²) in [6.07, 6.45) is 0.0421. The average molecular weight is 272 g/mol. The van der Waals surface area contributed by atoms with Crippen LogP contribution in [-0.2, 0) is 14.8 Å². The lowest BCUT2D eigenvalue weighted by atomic mass is 10.2. The van der Waals surface area contributed by atoms with E-state index >= 15 is 0 Å². The van der Waals surface area contributed by atoms with Gasteiger partial charge in [-0.3, -0.25) is 4.79 Å². The Morgan fingerprint density at radius 1 is 1.39 bits per heavy atom. The summed E-state index contributed by atoms with van der Waals surface area (Å²) in [6, 6.07) is 5.31. The molecular formula is C11H16N2O4S. The van der Waals surface area contributed by atoms with Crippen LogP contribution in [0.2, 0.25) is 0 Å². The summed E-state index contributed by atoms with van der Waals surface area (Å²) in [5.74, 6) is -1.15. The van der Waals surface area contributed by atoms with Gasteiger partial charge in [0.2, 0.25) is 10.0 Å². The molecular weight excluding hydrogens is 256 g/mol. The summed E-state index contributed by atoms with van der Waals surface area (Å²) in [5.41, 5.74) is 6.23. The van der Waals surface area contributed by atoms with Gasteiger partial charge in [0.15, 0.2) is 0 Å². The van der Waals surface area contributed by atoms with E-state index in [0.717, 1.165) is 5.56 Å². The minimum Gasteiger partial charge on any atom is -0.480 e. The zero-order valence-electron chi connectivity index (χ0n) is 9.96. The molecule has 1 atom stereocenters. The van der Waals surface area contributed by atoms with Crippen LogP contribution >= 0.6 is 0 Å². The van der Waals surface area contributed by atoms with E-state index in [-0.39, 0.29) is 17.9 Å². The Bertz CT molecular complexity index is 510. The van der Waals surface area contributed by atoms with Gasteiger partial charge in [-0.05, 0) is 25.5 Å². The molecule has 0 heterocycles. The van der Waals surface area contributed by atoms with Crippen LogP contribution in [-0.4, -0.2) is 32.1 Å². The highest BCUT2D eigenvalue weighted by Crippen LogP contribution is 2.09. The van der Waals surface area contributed by atoms with Gasteiger partial charge >= 0.3 is 5.97 Å². The van der Waals surface area contributed by atoms with Crippen molar-refractivity contribution in [3.63, 3.8) is 0 Å². The molecule has 6 nitrogen and oxygen atoms in total. The number of hydrogen-bond donors (Lipinski definition) is 3. The molecule has 0 aromatic heterocycles. The minimum atomic E-state index is -3.60. The number of nitrogens with two attached hydrogens (primary N) is 1. The van der Waals surface area contributed by atoms with E-state index in [2.05, 4.69) is 4.72 Å². The van der Waals surface area contributed by atoms with E-state index in [1.54, 1.807) is 12.1 Å². The number of nitrogens with one attached hydrogen (secondary N) is 1. The van der Waals surface area contributed by atoms with Gasteiger partial charge in [0.25, 0.3) is 0 Å². The molecule has 0 saturated heterocycles. The van der Waals surface area contributed by atoms with E-state index in [0.29, 0.717) is 0 Å². The zero-order valence-corrected chi connectivity index (χ0v) is 10.8. The van der Waals surface area contributed by atoms with Crippen LogP contribution in [0.5, 0.6) is 0 Å². The van der Waals surface area contributed by atoms with E-state index < -0.39 is 22.0 Å². The van der Waals surface area contributed by atoms with Crippen LogP contribution in [0.1, 0.15) is 12.0 Å². The molecule has 4 N–H and O–H groups in total. The summed E-state index contributed by atoms with van der Waals surface area (Å²) < 4.78 is 25.9. The number of sulfonamides is 1. The number of carboxylic acids is 1. The lowest BCUT2D eigenvalue weighted by Crippen LogP contribution is -2.35. The van der Waals surface area contributed by atoms with Gasteiger partial charge in [0.05, 0.1) is 4.90 Å². The molecule has 0 bridgehead atoms. The standard InChI is InChI=1S/C11H16N2O4S/c1-8-2-4-9(5-3-8)18(16,17)13-7-6-10(12)11(14)15/h2-5,10,13H,6-7,12H2,1H3,(H,14,15)/t10-/m1/s1. The molecule has 0 spiro atoms. The maximum absolute atomic E-state index is 11.8. The van der Waals surface area contributed by atoms with Crippen molar-refractivity contribution < 1.29 is 18.3 Å². The Morgan fingerprint density at radius 2 is 1.94 bits per heavy atom. The molecule has 100 valence electrons. The molecule has 1 aromatic carbocycles. The Hall–Kier alpha value is -1.44. The number of aryl methyl sites for hydroxylation is 1. The zero-order chi connectivity index (χ0) is 13.8. The number of hydrogen-bond acceptors (Lipinski definition) is 4. The van der Waals surface area contributed by atoms with Crippen LogP contribution < -0.4 is 10.5 Å². The van der Waals surface area contributed by atoms with Gasteiger partial charge in [-0.25, -0.2) is 13.1 Å². The van der Waals surface area contributed by atoms with E-state index in [4.69, 9.17) is 10.8 Å². The van der Waals surface area contributed by atoms with E-state index in [9.17, 15) is 13.2 Å². The molecule has 0 radical (unpaired) electrons. The van der Waals surface area contributed by atoms with Gasteiger partial charge in [0.1, 0.15) is 6.04 Å². The summed E-state index contributed by atoms with van der Waals surface area (Å²) in [4.78, 5) is 10.6. The fourth-order valence-corrected chi connectivity index (χ4v) is 2.32. The number of rotatable bonds is 6. The van der Waals surface area contributed by atoms with Gasteiger partial charge in [-0.2, -0.15) is 0 Å². The van der Waals surface area contributed by atoms with Crippen molar-refractivity contribution in [3.05, 3.63) is 29.8 Å². The predicted octanol–water partition coefficient (Wildman–Crippen LogP) is 0.0753. The first-order chi connectivity index (χ1) is 8.33. The van der Waals surface area contributed by atoms with Crippen molar-refractivity contribution >= 4 is 16.0 Å². The second-order valence-corrected chi connectivity index (χ2v) is 5.71. The van der Waals surface area contributed by atoms with Gasteiger partial charge in [-0.15, -0.1) is 0 Å². The average Bonchev–Trinajstić information content (AvgIpc) is 2.29. The van der Waals surface area contributed by atoms with Crippen molar-refractivity contribution in [2.45, 2.75) is 24.3 Å². The Labute approximate surface area is 106 Å². The van der Waals surface area contributed by atoms with E-state index in [1.807, 2.05) is 6.92 Å². The normalized spacial score (nSPS) is 13.2. The molecule has 1 aromatic rings. The minimum absolute atomic E-state index is 0.0102. The smallest absolute Gasteiger partial charge is 0.320 e. The maximum atomic E-state index is 11.8. The quantitative estimate of drug-likeness (QED) is 0.679. The van der Waals surface area contributed by atoms with Gasteiger partial charge < -0.3 is 10.8 Å². The van der Waals surface area contributed by atoms with Crippen molar-refractivity contribution in [1.29, 1.82) is 0 Å². The molecule has 0 fully saturated rings.